The van der Waals surface area contributed by atoms with Crippen LogP contribution >= 0.6 is 0 Å². The van der Waals surface area contributed by atoms with E-state index in [1.807, 2.05) is 0 Å². The molecule has 4 nitrogen and oxygen atoms in total. The zero-order valence-electron chi connectivity index (χ0n) is 12.8. The van der Waals surface area contributed by atoms with Crippen molar-refractivity contribution in [2.75, 3.05) is 18.8 Å². The first-order valence-electron chi connectivity index (χ1n) is 7.41. The molecule has 0 radical (unpaired) electrons. The molecule has 1 saturated heterocycles. The SMILES string of the molecule is CC(CNS(=O)(=O)CCC1CCCCN1)C(C)(C)C. The molecule has 2 N–H and O–H groups in total. The molecule has 0 aromatic rings. The van der Waals surface area contributed by atoms with E-state index in [9.17, 15) is 8.42 Å². The molecule has 0 aliphatic carbocycles. The molecule has 0 amide bonds. The Labute approximate surface area is 118 Å². The highest BCUT2D eigenvalue weighted by Crippen LogP contribution is 2.24. The van der Waals surface area contributed by atoms with E-state index in [2.05, 4.69) is 37.7 Å². The van der Waals surface area contributed by atoms with Gasteiger partial charge in [0, 0.05) is 12.6 Å². The van der Waals surface area contributed by atoms with Gasteiger partial charge in [0.05, 0.1) is 5.75 Å². The topological polar surface area (TPSA) is 58.2 Å². The fourth-order valence-corrected chi connectivity index (χ4v) is 3.34. The Morgan fingerprint density at radius 3 is 2.53 bits per heavy atom. The van der Waals surface area contributed by atoms with E-state index in [4.69, 9.17) is 0 Å². The van der Waals surface area contributed by atoms with Gasteiger partial charge in [-0.05, 0) is 37.1 Å². The van der Waals surface area contributed by atoms with Gasteiger partial charge in [0.2, 0.25) is 10.0 Å². The summed E-state index contributed by atoms with van der Waals surface area (Å²) in [5.41, 5.74) is 0.132. The van der Waals surface area contributed by atoms with Gasteiger partial charge in [-0.25, -0.2) is 13.1 Å². The highest BCUT2D eigenvalue weighted by atomic mass is 32.2. The van der Waals surface area contributed by atoms with E-state index in [-0.39, 0.29) is 11.2 Å². The molecule has 1 aliphatic heterocycles. The second-order valence-electron chi connectivity index (χ2n) is 6.87. The van der Waals surface area contributed by atoms with E-state index in [1.54, 1.807) is 0 Å². The molecule has 1 rings (SSSR count). The summed E-state index contributed by atoms with van der Waals surface area (Å²) in [6.45, 7) is 10.1. The molecular formula is C14H30N2O2S. The lowest BCUT2D eigenvalue weighted by molar-refractivity contribution is 0.263. The van der Waals surface area contributed by atoms with Gasteiger partial charge >= 0.3 is 0 Å². The van der Waals surface area contributed by atoms with Crippen LogP contribution < -0.4 is 10.0 Å². The Kier molecular flexibility index (Phi) is 6.27. The Morgan fingerprint density at radius 2 is 2.00 bits per heavy atom. The lowest BCUT2D eigenvalue weighted by Gasteiger charge is -2.27. The van der Waals surface area contributed by atoms with Crippen LogP contribution in [0, 0.1) is 11.3 Å². The van der Waals surface area contributed by atoms with Gasteiger partial charge in [-0.3, -0.25) is 0 Å². The van der Waals surface area contributed by atoms with Gasteiger partial charge in [-0.2, -0.15) is 0 Å². The van der Waals surface area contributed by atoms with E-state index in [0.29, 0.717) is 18.5 Å². The number of hydrogen-bond donors (Lipinski definition) is 2. The molecule has 1 heterocycles. The number of rotatable bonds is 6. The highest BCUT2D eigenvalue weighted by molar-refractivity contribution is 7.89. The molecule has 1 fully saturated rings. The highest BCUT2D eigenvalue weighted by Gasteiger charge is 2.22. The fraction of sp³-hybridized carbons (Fsp3) is 1.00. The minimum Gasteiger partial charge on any atom is -0.314 e. The summed E-state index contributed by atoms with van der Waals surface area (Å²) in [5.74, 6) is 0.566. The Bertz CT molecular complexity index is 354. The molecular weight excluding hydrogens is 260 g/mol. The van der Waals surface area contributed by atoms with E-state index in [0.717, 1.165) is 19.4 Å². The summed E-state index contributed by atoms with van der Waals surface area (Å²) >= 11 is 0. The normalized spacial score (nSPS) is 23.3. The van der Waals surface area contributed by atoms with E-state index in [1.165, 1.54) is 12.8 Å². The van der Waals surface area contributed by atoms with Gasteiger partial charge in [-0.15, -0.1) is 0 Å². The zero-order chi connectivity index (χ0) is 14.5. The Morgan fingerprint density at radius 1 is 1.32 bits per heavy atom. The molecule has 0 bridgehead atoms. The van der Waals surface area contributed by atoms with Gasteiger partial charge < -0.3 is 5.32 Å². The van der Waals surface area contributed by atoms with Gasteiger partial charge in [-0.1, -0.05) is 34.1 Å². The maximum absolute atomic E-state index is 12.0. The van der Waals surface area contributed by atoms with Crippen LogP contribution in [-0.2, 0) is 10.0 Å². The predicted molar refractivity (Wildman–Crippen MR) is 80.7 cm³/mol. The van der Waals surface area contributed by atoms with Crippen LogP contribution in [0.4, 0.5) is 0 Å². The van der Waals surface area contributed by atoms with Crippen LogP contribution in [0.1, 0.15) is 53.4 Å². The molecule has 0 aromatic carbocycles. The first-order chi connectivity index (χ1) is 8.71. The van der Waals surface area contributed by atoms with Gasteiger partial charge in [0.15, 0.2) is 0 Å². The van der Waals surface area contributed by atoms with Crippen molar-refractivity contribution in [1.82, 2.24) is 10.0 Å². The van der Waals surface area contributed by atoms with Crippen LogP contribution in [0.25, 0.3) is 0 Å². The molecule has 1 aliphatic rings. The summed E-state index contributed by atoms with van der Waals surface area (Å²) in [4.78, 5) is 0. The molecule has 19 heavy (non-hydrogen) atoms. The summed E-state index contributed by atoms with van der Waals surface area (Å²) in [5, 5.41) is 3.39. The molecule has 0 aromatic heterocycles. The summed E-state index contributed by atoms with van der Waals surface area (Å²) in [6, 6.07) is 0.380. The van der Waals surface area contributed by atoms with Crippen molar-refractivity contribution in [3.63, 3.8) is 0 Å². The molecule has 0 saturated carbocycles. The standard InChI is InChI=1S/C14H30N2O2S/c1-12(14(2,3)4)11-16-19(17,18)10-8-13-7-5-6-9-15-13/h12-13,15-16H,5-11H2,1-4H3. The van der Waals surface area contributed by atoms with Gasteiger partial charge in [0.1, 0.15) is 0 Å². The van der Waals surface area contributed by atoms with Crippen LogP contribution in [0.2, 0.25) is 0 Å². The predicted octanol–water partition coefficient (Wildman–Crippen LogP) is 2.12. The molecule has 5 heteroatoms. The van der Waals surface area contributed by atoms with Crippen molar-refractivity contribution in [2.45, 2.75) is 59.4 Å². The Balaban J connectivity index is 2.31. The molecule has 114 valence electrons. The number of hydrogen-bond acceptors (Lipinski definition) is 3. The smallest absolute Gasteiger partial charge is 0.211 e. The maximum Gasteiger partial charge on any atom is 0.211 e. The van der Waals surface area contributed by atoms with Crippen molar-refractivity contribution in [2.24, 2.45) is 11.3 Å². The van der Waals surface area contributed by atoms with Crippen LogP contribution in [-0.4, -0.2) is 33.3 Å². The first kappa shape index (κ1) is 16.9. The average molecular weight is 290 g/mol. The van der Waals surface area contributed by atoms with E-state index < -0.39 is 10.0 Å². The van der Waals surface area contributed by atoms with E-state index >= 15 is 0 Å². The van der Waals surface area contributed by atoms with Gasteiger partial charge in [0.25, 0.3) is 0 Å². The first-order valence-corrected chi connectivity index (χ1v) is 9.06. The monoisotopic (exact) mass is 290 g/mol. The second kappa shape index (κ2) is 7.04. The van der Waals surface area contributed by atoms with Crippen molar-refractivity contribution in [3.8, 4) is 0 Å². The lowest BCUT2D eigenvalue weighted by atomic mass is 9.82. The quantitative estimate of drug-likeness (QED) is 0.788. The summed E-state index contributed by atoms with van der Waals surface area (Å²) in [7, 11) is -3.13. The number of sulfonamides is 1. The largest absolute Gasteiger partial charge is 0.314 e. The minimum atomic E-state index is -3.13. The molecule has 0 spiro atoms. The van der Waals surface area contributed by atoms with Crippen molar-refractivity contribution in [1.29, 1.82) is 0 Å². The Hall–Kier alpha value is -0.130. The zero-order valence-corrected chi connectivity index (χ0v) is 13.6. The number of piperidine rings is 1. The summed E-state index contributed by atoms with van der Waals surface area (Å²) in [6.07, 6.45) is 4.25. The second-order valence-corrected chi connectivity index (χ2v) is 8.80. The third-order valence-corrected chi connectivity index (χ3v) is 5.61. The third-order valence-electron chi connectivity index (χ3n) is 4.24. The van der Waals surface area contributed by atoms with Crippen molar-refractivity contribution in [3.05, 3.63) is 0 Å². The van der Waals surface area contributed by atoms with Crippen molar-refractivity contribution >= 4 is 10.0 Å². The fourth-order valence-electron chi connectivity index (χ4n) is 2.10. The van der Waals surface area contributed by atoms with Crippen LogP contribution in [0.3, 0.4) is 0 Å². The average Bonchev–Trinajstić information content (AvgIpc) is 2.34. The van der Waals surface area contributed by atoms with Crippen LogP contribution in [0.15, 0.2) is 0 Å². The molecule has 2 unspecified atom stereocenters. The van der Waals surface area contributed by atoms with Crippen LogP contribution in [0.5, 0.6) is 0 Å². The lowest BCUT2D eigenvalue weighted by Crippen LogP contribution is -2.39. The molecule has 2 atom stereocenters. The minimum absolute atomic E-state index is 0.132. The number of nitrogens with one attached hydrogen (secondary N) is 2. The maximum atomic E-state index is 12.0. The van der Waals surface area contributed by atoms with Crippen molar-refractivity contribution < 1.29 is 8.42 Å². The summed E-state index contributed by atoms with van der Waals surface area (Å²) < 4.78 is 26.7. The third kappa shape index (κ3) is 6.72.